The van der Waals surface area contributed by atoms with Gasteiger partial charge in [0, 0.05) is 30.1 Å². The number of aromatic nitrogens is 1. The third-order valence-electron chi connectivity index (χ3n) is 2.67. The molecule has 0 spiro atoms. The Hall–Kier alpha value is -1.58. The molecule has 1 aromatic carbocycles. The van der Waals surface area contributed by atoms with Gasteiger partial charge in [0.2, 0.25) is 0 Å². The Bertz CT molecular complexity index is 436. The summed E-state index contributed by atoms with van der Waals surface area (Å²) in [5.41, 5.74) is 9.24. The van der Waals surface area contributed by atoms with Crippen molar-refractivity contribution in [2.24, 2.45) is 5.73 Å². The molecule has 0 amide bonds. The first-order valence-electron chi connectivity index (χ1n) is 5.42. The molecule has 1 unspecified atom stereocenters. The molecular formula is C13H16N2O. The van der Waals surface area contributed by atoms with Crippen LogP contribution >= 0.6 is 0 Å². The number of H-pyrrole nitrogens is 1. The highest BCUT2D eigenvalue weighted by molar-refractivity contribution is 5.66. The Morgan fingerprint density at radius 2 is 1.94 bits per heavy atom. The largest absolute Gasteiger partial charge is 0.396 e. The number of aliphatic hydroxyl groups is 1. The standard InChI is InChI=1S/C13H16N2O/c14-12(7-9-16)13-11(6-8-15-13)10-4-2-1-3-5-10/h1-6,8,12,15-16H,7,9,14H2. The number of nitrogens with one attached hydrogen (secondary N) is 1. The van der Waals surface area contributed by atoms with E-state index in [2.05, 4.69) is 17.1 Å². The topological polar surface area (TPSA) is 62.0 Å². The maximum Gasteiger partial charge on any atom is 0.0476 e. The van der Waals surface area contributed by atoms with Gasteiger partial charge in [-0.25, -0.2) is 0 Å². The summed E-state index contributed by atoms with van der Waals surface area (Å²) in [6, 6.07) is 12.0. The fourth-order valence-corrected chi connectivity index (χ4v) is 1.84. The number of aromatic amines is 1. The number of hydrogen-bond donors (Lipinski definition) is 3. The van der Waals surface area contributed by atoms with E-state index in [0.29, 0.717) is 6.42 Å². The lowest BCUT2D eigenvalue weighted by Crippen LogP contribution is -2.13. The third kappa shape index (κ3) is 2.15. The monoisotopic (exact) mass is 216 g/mol. The Balaban J connectivity index is 2.33. The van der Waals surface area contributed by atoms with Crippen molar-refractivity contribution < 1.29 is 5.11 Å². The Labute approximate surface area is 94.9 Å². The summed E-state index contributed by atoms with van der Waals surface area (Å²) in [6.07, 6.45) is 2.45. The zero-order valence-corrected chi connectivity index (χ0v) is 9.06. The van der Waals surface area contributed by atoms with Gasteiger partial charge < -0.3 is 15.8 Å². The van der Waals surface area contributed by atoms with Crippen LogP contribution < -0.4 is 5.73 Å². The quantitative estimate of drug-likeness (QED) is 0.732. The predicted molar refractivity (Wildman–Crippen MR) is 64.9 cm³/mol. The third-order valence-corrected chi connectivity index (χ3v) is 2.67. The van der Waals surface area contributed by atoms with E-state index in [1.165, 1.54) is 0 Å². The highest BCUT2D eigenvalue weighted by atomic mass is 16.3. The van der Waals surface area contributed by atoms with Crippen LogP contribution in [0.1, 0.15) is 18.2 Å². The van der Waals surface area contributed by atoms with E-state index in [0.717, 1.165) is 16.8 Å². The Morgan fingerprint density at radius 1 is 1.19 bits per heavy atom. The molecule has 1 aromatic heterocycles. The van der Waals surface area contributed by atoms with Crippen LogP contribution in [0.2, 0.25) is 0 Å². The van der Waals surface area contributed by atoms with Crippen molar-refractivity contribution in [3.63, 3.8) is 0 Å². The molecule has 0 radical (unpaired) electrons. The normalized spacial score (nSPS) is 12.6. The molecule has 2 rings (SSSR count). The van der Waals surface area contributed by atoms with Gasteiger partial charge in [0.05, 0.1) is 0 Å². The molecule has 0 aliphatic carbocycles. The first-order chi connectivity index (χ1) is 7.83. The fourth-order valence-electron chi connectivity index (χ4n) is 1.84. The first kappa shape index (κ1) is 10.9. The number of hydrogen-bond acceptors (Lipinski definition) is 2. The van der Waals surface area contributed by atoms with E-state index < -0.39 is 0 Å². The van der Waals surface area contributed by atoms with Crippen LogP contribution in [-0.4, -0.2) is 16.7 Å². The van der Waals surface area contributed by atoms with E-state index in [1.54, 1.807) is 0 Å². The summed E-state index contributed by atoms with van der Waals surface area (Å²) in [5, 5.41) is 8.90. The second-order valence-electron chi connectivity index (χ2n) is 3.79. The molecule has 2 aromatic rings. The smallest absolute Gasteiger partial charge is 0.0476 e. The molecule has 0 saturated heterocycles. The SMILES string of the molecule is NC(CCO)c1[nH]ccc1-c1ccccc1. The summed E-state index contributed by atoms with van der Waals surface area (Å²) >= 11 is 0. The van der Waals surface area contributed by atoms with E-state index >= 15 is 0 Å². The van der Waals surface area contributed by atoms with Crippen molar-refractivity contribution >= 4 is 0 Å². The van der Waals surface area contributed by atoms with Crippen molar-refractivity contribution in [1.82, 2.24) is 4.98 Å². The molecule has 0 aliphatic rings. The lowest BCUT2D eigenvalue weighted by atomic mass is 10.0. The van der Waals surface area contributed by atoms with Gasteiger partial charge in [-0.05, 0) is 18.1 Å². The second kappa shape index (κ2) is 4.96. The molecule has 0 aliphatic heterocycles. The second-order valence-corrected chi connectivity index (χ2v) is 3.79. The summed E-state index contributed by atoms with van der Waals surface area (Å²) in [6.45, 7) is 0.106. The molecule has 16 heavy (non-hydrogen) atoms. The molecular weight excluding hydrogens is 200 g/mol. The number of nitrogens with two attached hydrogens (primary N) is 1. The van der Waals surface area contributed by atoms with Crippen molar-refractivity contribution in [1.29, 1.82) is 0 Å². The van der Waals surface area contributed by atoms with E-state index in [-0.39, 0.29) is 12.6 Å². The minimum atomic E-state index is -0.143. The summed E-state index contributed by atoms with van der Waals surface area (Å²) < 4.78 is 0. The van der Waals surface area contributed by atoms with Crippen LogP contribution in [0, 0.1) is 0 Å². The van der Waals surface area contributed by atoms with Crippen molar-refractivity contribution in [3.05, 3.63) is 48.3 Å². The molecule has 1 atom stereocenters. The summed E-state index contributed by atoms with van der Waals surface area (Å²) in [5.74, 6) is 0. The molecule has 4 N–H and O–H groups in total. The number of aliphatic hydroxyl groups excluding tert-OH is 1. The van der Waals surface area contributed by atoms with Gasteiger partial charge in [0.25, 0.3) is 0 Å². The predicted octanol–water partition coefficient (Wildman–Crippen LogP) is 2.06. The zero-order chi connectivity index (χ0) is 11.4. The lowest BCUT2D eigenvalue weighted by molar-refractivity contribution is 0.276. The highest BCUT2D eigenvalue weighted by Gasteiger charge is 2.12. The Morgan fingerprint density at radius 3 is 2.62 bits per heavy atom. The average molecular weight is 216 g/mol. The van der Waals surface area contributed by atoms with Crippen LogP contribution in [-0.2, 0) is 0 Å². The van der Waals surface area contributed by atoms with E-state index in [1.807, 2.05) is 30.5 Å². The van der Waals surface area contributed by atoms with Gasteiger partial charge in [-0.3, -0.25) is 0 Å². The van der Waals surface area contributed by atoms with E-state index in [9.17, 15) is 0 Å². The minimum absolute atomic E-state index is 0.106. The maximum absolute atomic E-state index is 8.90. The van der Waals surface area contributed by atoms with Crippen LogP contribution in [0.15, 0.2) is 42.6 Å². The molecule has 1 heterocycles. The van der Waals surface area contributed by atoms with Gasteiger partial charge in [0.1, 0.15) is 0 Å². The van der Waals surface area contributed by atoms with Gasteiger partial charge in [-0.15, -0.1) is 0 Å². The van der Waals surface area contributed by atoms with Crippen molar-refractivity contribution in [3.8, 4) is 11.1 Å². The van der Waals surface area contributed by atoms with Crippen LogP contribution in [0.4, 0.5) is 0 Å². The van der Waals surface area contributed by atoms with Gasteiger partial charge in [-0.1, -0.05) is 30.3 Å². The molecule has 3 nitrogen and oxygen atoms in total. The zero-order valence-electron chi connectivity index (χ0n) is 9.06. The Kier molecular flexibility index (Phi) is 3.39. The maximum atomic E-state index is 8.90. The summed E-state index contributed by atoms with van der Waals surface area (Å²) in [7, 11) is 0. The molecule has 0 saturated carbocycles. The van der Waals surface area contributed by atoms with Crippen LogP contribution in [0.3, 0.4) is 0 Å². The summed E-state index contributed by atoms with van der Waals surface area (Å²) in [4.78, 5) is 3.15. The van der Waals surface area contributed by atoms with Gasteiger partial charge in [-0.2, -0.15) is 0 Å². The van der Waals surface area contributed by atoms with Crippen molar-refractivity contribution in [2.75, 3.05) is 6.61 Å². The molecule has 0 bridgehead atoms. The first-order valence-corrected chi connectivity index (χ1v) is 5.42. The number of benzene rings is 1. The van der Waals surface area contributed by atoms with Crippen LogP contribution in [0.5, 0.6) is 0 Å². The van der Waals surface area contributed by atoms with Gasteiger partial charge in [0.15, 0.2) is 0 Å². The van der Waals surface area contributed by atoms with E-state index in [4.69, 9.17) is 10.8 Å². The average Bonchev–Trinajstić information content (AvgIpc) is 2.79. The van der Waals surface area contributed by atoms with Crippen LogP contribution in [0.25, 0.3) is 11.1 Å². The lowest BCUT2D eigenvalue weighted by Gasteiger charge is -2.11. The molecule has 3 heteroatoms. The fraction of sp³-hybridized carbons (Fsp3) is 0.231. The number of rotatable bonds is 4. The van der Waals surface area contributed by atoms with Gasteiger partial charge >= 0.3 is 0 Å². The highest BCUT2D eigenvalue weighted by Crippen LogP contribution is 2.27. The molecule has 0 fully saturated rings. The molecule has 84 valence electrons. The minimum Gasteiger partial charge on any atom is -0.396 e. The van der Waals surface area contributed by atoms with Crippen molar-refractivity contribution in [2.45, 2.75) is 12.5 Å².